The van der Waals surface area contributed by atoms with Gasteiger partial charge in [0.2, 0.25) is 5.91 Å². The van der Waals surface area contributed by atoms with E-state index in [2.05, 4.69) is 15.6 Å². The molecule has 0 bridgehead atoms. The number of rotatable bonds is 3. The van der Waals surface area contributed by atoms with Crippen LogP contribution in [0.5, 0.6) is 0 Å². The number of likely N-dealkylation sites (N-methyl/N-ethyl adjacent to an activating group) is 1. The van der Waals surface area contributed by atoms with Crippen LogP contribution in [0.3, 0.4) is 0 Å². The molecule has 114 valence electrons. The van der Waals surface area contributed by atoms with Gasteiger partial charge in [0.1, 0.15) is 6.04 Å². The summed E-state index contributed by atoms with van der Waals surface area (Å²) < 4.78 is 6.39. The molecular formula is C13H19N5O3. The molecule has 8 heteroatoms. The Hall–Kier alpha value is -1.96. The lowest BCUT2D eigenvalue weighted by Gasteiger charge is -2.17. The van der Waals surface area contributed by atoms with Crippen molar-refractivity contribution in [2.45, 2.75) is 31.3 Å². The van der Waals surface area contributed by atoms with Gasteiger partial charge in [-0.1, -0.05) is 5.21 Å². The normalized spacial score (nSPS) is 25.6. The third-order valence-corrected chi connectivity index (χ3v) is 4.19. The first-order valence-corrected chi connectivity index (χ1v) is 7.15. The number of nitrogens with one attached hydrogen (secondary N) is 1. The van der Waals surface area contributed by atoms with Crippen LogP contribution >= 0.6 is 0 Å². The highest BCUT2D eigenvalue weighted by Gasteiger charge is 2.37. The molecule has 0 saturated carbocycles. The van der Waals surface area contributed by atoms with Crippen LogP contribution in [0.1, 0.15) is 47.5 Å². The topological polar surface area (TPSA) is 89.3 Å². The molecule has 0 aromatic carbocycles. The van der Waals surface area contributed by atoms with Crippen molar-refractivity contribution in [1.82, 2.24) is 25.2 Å². The summed E-state index contributed by atoms with van der Waals surface area (Å²) in [6.07, 6.45) is 2.60. The Kier molecular flexibility index (Phi) is 3.62. The molecule has 3 heterocycles. The first-order valence-electron chi connectivity index (χ1n) is 7.15. The summed E-state index contributed by atoms with van der Waals surface area (Å²) in [5.41, 5.74) is 0.882. The summed E-state index contributed by atoms with van der Waals surface area (Å²) in [5, 5.41) is 11.4. The average molecular weight is 293 g/mol. The fourth-order valence-electron chi connectivity index (χ4n) is 3.05. The zero-order valence-corrected chi connectivity index (χ0v) is 12.2. The third-order valence-electron chi connectivity index (χ3n) is 4.19. The molecule has 1 N–H and O–H groups in total. The number of carbonyl (C=O) groups excluding carboxylic acids is 2. The molecule has 2 aliphatic rings. The van der Waals surface area contributed by atoms with Crippen molar-refractivity contribution in [1.29, 1.82) is 0 Å². The Morgan fingerprint density at radius 3 is 2.81 bits per heavy atom. The maximum Gasteiger partial charge on any atom is 0.360 e. The number of nitrogens with zero attached hydrogens (tertiary/aromatic N) is 4. The summed E-state index contributed by atoms with van der Waals surface area (Å²) in [6, 6.07) is -0.383. The lowest BCUT2D eigenvalue weighted by Crippen LogP contribution is -2.28. The van der Waals surface area contributed by atoms with Gasteiger partial charge >= 0.3 is 5.97 Å². The van der Waals surface area contributed by atoms with Gasteiger partial charge in [0.25, 0.3) is 0 Å². The fraction of sp³-hybridized carbons (Fsp3) is 0.692. The van der Waals surface area contributed by atoms with Crippen molar-refractivity contribution in [3.63, 3.8) is 0 Å². The van der Waals surface area contributed by atoms with Crippen LogP contribution < -0.4 is 5.32 Å². The molecule has 1 aromatic rings. The predicted molar refractivity (Wildman–Crippen MR) is 72.6 cm³/mol. The van der Waals surface area contributed by atoms with E-state index in [9.17, 15) is 9.59 Å². The summed E-state index contributed by atoms with van der Waals surface area (Å²) in [7, 11) is 3.09. The van der Waals surface area contributed by atoms with Crippen molar-refractivity contribution < 1.29 is 14.3 Å². The highest BCUT2D eigenvalue weighted by molar-refractivity contribution is 5.89. The summed E-state index contributed by atoms with van der Waals surface area (Å²) in [6.45, 7) is 1.57. The Morgan fingerprint density at radius 1 is 1.43 bits per heavy atom. The highest BCUT2D eigenvalue weighted by Crippen LogP contribution is 2.30. The second-order valence-corrected chi connectivity index (χ2v) is 5.47. The molecular weight excluding hydrogens is 274 g/mol. The molecule has 0 spiro atoms. The van der Waals surface area contributed by atoms with Crippen LogP contribution in [-0.4, -0.2) is 59.0 Å². The Labute approximate surface area is 122 Å². The molecule has 2 aliphatic heterocycles. The zero-order chi connectivity index (χ0) is 15.0. The standard InChI is InChI=1S/C13H19N5O3/c1-17-7-5-9(12(17)19)18-11(8-4-3-6-14-8)10(15-16-18)13(20)21-2/h8-9,14H,3-7H2,1-2H3. The monoisotopic (exact) mass is 293 g/mol. The van der Waals surface area contributed by atoms with Gasteiger partial charge in [-0.15, -0.1) is 5.10 Å². The molecule has 21 heavy (non-hydrogen) atoms. The molecule has 1 amide bonds. The minimum atomic E-state index is -0.510. The second-order valence-electron chi connectivity index (χ2n) is 5.47. The van der Waals surface area contributed by atoms with E-state index in [-0.39, 0.29) is 23.7 Å². The van der Waals surface area contributed by atoms with Crippen molar-refractivity contribution in [2.75, 3.05) is 27.2 Å². The summed E-state index contributed by atoms with van der Waals surface area (Å²) in [4.78, 5) is 25.8. The number of methoxy groups -OCH3 is 1. The molecule has 2 fully saturated rings. The van der Waals surface area contributed by atoms with Gasteiger partial charge in [0, 0.05) is 13.6 Å². The summed E-state index contributed by atoms with van der Waals surface area (Å²) >= 11 is 0. The van der Waals surface area contributed by atoms with Gasteiger partial charge in [-0.3, -0.25) is 4.79 Å². The number of hydrogen-bond donors (Lipinski definition) is 1. The lowest BCUT2D eigenvalue weighted by atomic mass is 10.1. The van der Waals surface area contributed by atoms with Gasteiger partial charge in [0.05, 0.1) is 18.8 Å². The van der Waals surface area contributed by atoms with Gasteiger partial charge in [0.15, 0.2) is 5.69 Å². The van der Waals surface area contributed by atoms with Gasteiger partial charge < -0.3 is 15.0 Å². The zero-order valence-electron chi connectivity index (χ0n) is 12.2. The third kappa shape index (κ3) is 2.29. The maximum absolute atomic E-state index is 12.2. The predicted octanol–water partition coefficient (Wildman–Crippen LogP) is -0.108. The van der Waals surface area contributed by atoms with Crippen molar-refractivity contribution >= 4 is 11.9 Å². The second kappa shape index (κ2) is 5.44. The van der Waals surface area contributed by atoms with Gasteiger partial charge in [-0.25, -0.2) is 9.48 Å². The van der Waals surface area contributed by atoms with E-state index < -0.39 is 5.97 Å². The van der Waals surface area contributed by atoms with E-state index in [1.807, 2.05) is 0 Å². The minimum absolute atomic E-state index is 0.00666. The number of esters is 1. The Bertz CT molecular complexity index is 564. The molecule has 0 aliphatic carbocycles. The van der Waals surface area contributed by atoms with Crippen LogP contribution in [0.4, 0.5) is 0 Å². The number of aromatic nitrogens is 3. The van der Waals surface area contributed by atoms with E-state index in [1.165, 1.54) is 7.11 Å². The molecule has 2 unspecified atom stereocenters. The molecule has 0 radical (unpaired) electrons. The number of amides is 1. The lowest BCUT2D eigenvalue weighted by molar-refractivity contribution is -0.129. The first kappa shape index (κ1) is 14.0. The van der Waals surface area contributed by atoms with E-state index in [0.29, 0.717) is 18.7 Å². The van der Waals surface area contributed by atoms with Crippen molar-refractivity contribution in [3.05, 3.63) is 11.4 Å². The molecule has 2 atom stereocenters. The quantitative estimate of drug-likeness (QED) is 0.782. The van der Waals surface area contributed by atoms with Crippen LogP contribution in [0.15, 0.2) is 0 Å². The van der Waals surface area contributed by atoms with Crippen LogP contribution in [0.2, 0.25) is 0 Å². The largest absolute Gasteiger partial charge is 0.464 e. The number of hydrogen-bond acceptors (Lipinski definition) is 6. The molecule has 3 rings (SSSR count). The minimum Gasteiger partial charge on any atom is -0.464 e. The number of carbonyl (C=O) groups is 2. The van der Waals surface area contributed by atoms with E-state index in [1.54, 1.807) is 16.6 Å². The van der Waals surface area contributed by atoms with Gasteiger partial charge in [-0.2, -0.15) is 0 Å². The maximum atomic E-state index is 12.2. The van der Waals surface area contributed by atoms with E-state index >= 15 is 0 Å². The van der Waals surface area contributed by atoms with Gasteiger partial charge in [-0.05, 0) is 25.8 Å². The van der Waals surface area contributed by atoms with Crippen LogP contribution in [-0.2, 0) is 9.53 Å². The molecule has 1 aromatic heterocycles. The highest BCUT2D eigenvalue weighted by atomic mass is 16.5. The fourth-order valence-corrected chi connectivity index (χ4v) is 3.05. The van der Waals surface area contributed by atoms with E-state index in [4.69, 9.17) is 4.74 Å². The summed E-state index contributed by atoms with van der Waals surface area (Å²) in [5.74, 6) is -0.501. The SMILES string of the molecule is COC(=O)c1nnn(C2CCN(C)C2=O)c1C1CCCN1. The van der Waals surface area contributed by atoms with E-state index in [0.717, 1.165) is 19.4 Å². The number of ether oxygens (including phenoxy) is 1. The molecule has 8 nitrogen and oxygen atoms in total. The first-order chi connectivity index (χ1) is 10.1. The molecule has 2 saturated heterocycles. The Balaban J connectivity index is 2.02. The number of likely N-dealkylation sites (tertiary alicyclic amines) is 1. The Morgan fingerprint density at radius 2 is 2.24 bits per heavy atom. The van der Waals surface area contributed by atoms with Crippen molar-refractivity contribution in [3.8, 4) is 0 Å². The average Bonchev–Trinajstić information content (AvgIpc) is 3.19. The van der Waals surface area contributed by atoms with Crippen LogP contribution in [0.25, 0.3) is 0 Å². The van der Waals surface area contributed by atoms with Crippen LogP contribution in [0, 0.1) is 0 Å². The van der Waals surface area contributed by atoms with Crippen molar-refractivity contribution in [2.24, 2.45) is 0 Å². The smallest absolute Gasteiger partial charge is 0.360 e.